The van der Waals surface area contributed by atoms with Crippen LogP contribution in [0.1, 0.15) is 11.4 Å². The van der Waals surface area contributed by atoms with E-state index in [1.165, 1.54) is 11.4 Å². The summed E-state index contributed by atoms with van der Waals surface area (Å²) in [6.07, 6.45) is 0. The highest BCUT2D eigenvalue weighted by atomic mass is 32.2. The second kappa shape index (κ2) is 4.52. The number of likely N-dealkylation sites (N-methyl/N-ethyl adjacent to an activating group) is 1. The van der Waals surface area contributed by atoms with Crippen LogP contribution in [0.15, 0.2) is 4.90 Å². The van der Waals surface area contributed by atoms with Crippen LogP contribution in [0.3, 0.4) is 0 Å². The van der Waals surface area contributed by atoms with Gasteiger partial charge >= 0.3 is 0 Å². The van der Waals surface area contributed by atoms with E-state index in [2.05, 4.69) is 5.10 Å². The normalized spacial score (nSPS) is 12.4. The van der Waals surface area contributed by atoms with Crippen LogP contribution >= 0.6 is 0 Å². The molecule has 0 bridgehead atoms. The highest BCUT2D eigenvalue weighted by Gasteiger charge is 2.27. The summed E-state index contributed by atoms with van der Waals surface area (Å²) in [5.74, 6) is 0. The maximum absolute atomic E-state index is 12.2. The molecule has 1 aromatic rings. The van der Waals surface area contributed by atoms with Crippen molar-refractivity contribution >= 4 is 10.0 Å². The van der Waals surface area contributed by atoms with Crippen molar-refractivity contribution in [1.29, 1.82) is 0 Å². The molecule has 1 aromatic heterocycles. The SMILES string of the molecule is Cc1nn(C)c(C)c1S(=O)(=O)N(C)CCN. The lowest BCUT2D eigenvalue weighted by atomic mass is 10.4. The van der Waals surface area contributed by atoms with E-state index in [1.54, 1.807) is 25.6 Å². The standard InChI is InChI=1S/C9H18N4O2S/c1-7-9(8(2)13(4)11-7)16(14,15)12(3)6-5-10/h5-6,10H2,1-4H3. The monoisotopic (exact) mass is 246 g/mol. The van der Waals surface area contributed by atoms with Crippen molar-refractivity contribution in [3.8, 4) is 0 Å². The van der Waals surface area contributed by atoms with Gasteiger partial charge in [-0.15, -0.1) is 0 Å². The van der Waals surface area contributed by atoms with E-state index in [4.69, 9.17) is 5.73 Å². The van der Waals surface area contributed by atoms with Crippen LogP contribution in [0, 0.1) is 13.8 Å². The summed E-state index contributed by atoms with van der Waals surface area (Å²) >= 11 is 0. The molecular weight excluding hydrogens is 228 g/mol. The Hall–Kier alpha value is -0.920. The van der Waals surface area contributed by atoms with Crippen LogP contribution in [0.5, 0.6) is 0 Å². The van der Waals surface area contributed by atoms with Gasteiger partial charge < -0.3 is 5.73 Å². The third-order valence-corrected chi connectivity index (χ3v) is 4.66. The molecule has 0 radical (unpaired) electrons. The quantitative estimate of drug-likeness (QED) is 0.785. The largest absolute Gasteiger partial charge is 0.329 e. The number of sulfonamides is 1. The van der Waals surface area contributed by atoms with E-state index >= 15 is 0 Å². The molecule has 0 spiro atoms. The molecule has 1 rings (SSSR count). The second-order valence-electron chi connectivity index (χ2n) is 3.74. The molecule has 0 aliphatic carbocycles. The van der Waals surface area contributed by atoms with Crippen LogP contribution in [0.4, 0.5) is 0 Å². The van der Waals surface area contributed by atoms with Gasteiger partial charge in [0.1, 0.15) is 4.90 Å². The minimum Gasteiger partial charge on any atom is -0.329 e. The number of hydrogen-bond donors (Lipinski definition) is 1. The Morgan fingerprint density at radius 3 is 2.38 bits per heavy atom. The molecule has 0 unspecified atom stereocenters. The molecule has 92 valence electrons. The van der Waals surface area contributed by atoms with Crippen molar-refractivity contribution < 1.29 is 8.42 Å². The predicted molar refractivity (Wildman–Crippen MR) is 61.6 cm³/mol. The Labute approximate surface area is 96.1 Å². The van der Waals surface area contributed by atoms with Gasteiger partial charge in [-0.2, -0.15) is 9.40 Å². The van der Waals surface area contributed by atoms with Crippen molar-refractivity contribution in [3.63, 3.8) is 0 Å². The Balaban J connectivity index is 3.27. The van der Waals surface area contributed by atoms with Crippen LogP contribution < -0.4 is 5.73 Å². The first kappa shape index (κ1) is 13.1. The number of nitrogens with two attached hydrogens (primary N) is 1. The van der Waals surface area contributed by atoms with Crippen molar-refractivity contribution in [3.05, 3.63) is 11.4 Å². The Morgan fingerprint density at radius 2 is 2.00 bits per heavy atom. The van der Waals surface area contributed by atoms with E-state index in [0.29, 0.717) is 24.5 Å². The summed E-state index contributed by atoms with van der Waals surface area (Å²) in [7, 11) is -0.223. The fourth-order valence-electron chi connectivity index (χ4n) is 1.59. The molecule has 16 heavy (non-hydrogen) atoms. The molecule has 1 heterocycles. The summed E-state index contributed by atoms with van der Waals surface area (Å²) in [4.78, 5) is 0.283. The van der Waals surface area contributed by atoms with Gasteiger partial charge in [0.15, 0.2) is 0 Å². The molecule has 7 heteroatoms. The topological polar surface area (TPSA) is 81.2 Å². The lowest BCUT2D eigenvalue weighted by molar-refractivity contribution is 0.475. The molecule has 0 fully saturated rings. The van der Waals surface area contributed by atoms with Crippen LogP contribution in [-0.2, 0) is 17.1 Å². The molecule has 6 nitrogen and oxygen atoms in total. The molecule has 0 aromatic carbocycles. The molecule has 0 saturated heterocycles. The molecular formula is C9H18N4O2S. The first-order valence-corrected chi connectivity index (χ1v) is 6.43. The summed E-state index contributed by atoms with van der Waals surface area (Å²) < 4.78 is 27.2. The van der Waals surface area contributed by atoms with Gasteiger partial charge in [0.2, 0.25) is 10.0 Å². The highest BCUT2D eigenvalue weighted by molar-refractivity contribution is 7.89. The van der Waals surface area contributed by atoms with E-state index < -0.39 is 10.0 Å². The first-order valence-electron chi connectivity index (χ1n) is 4.99. The number of aryl methyl sites for hydroxylation is 2. The highest BCUT2D eigenvalue weighted by Crippen LogP contribution is 2.21. The van der Waals surface area contributed by atoms with Crippen molar-refractivity contribution in [1.82, 2.24) is 14.1 Å². The maximum Gasteiger partial charge on any atom is 0.246 e. The molecule has 0 atom stereocenters. The fraction of sp³-hybridized carbons (Fsp3) is 0.667. The average molecular weight is 246 g/mol. The number of nitrogens with zero attached hydrogens (tertiary/aromatic N) is 3. The number of rotatable bonds is 4. The predicted octanol–water partition coefficient (Wildman–Crippen LogP) is -0.384. The Morgan fingerprint density at radius 1 is 1.44 bits per heavy atom. The van der Waals surface area contributed by atoms with E-state index in [9.17, 15) is 8.42 Å². The maximum atomic E-state index is 12.2. The lowest BCUT2D eigenvalue weighted by Gasteiger charge is -2.16. The third kappa shape index (κ3) is 2.11. The zero-order valence-corrected chi connectivity index (χ0v) is 10.9. The van der Waals surface area contributed by atoms with Crippen molar-refractivity contribution in [2.24, 2.45) is 12.8 Å². The summed E-state index contributed by atoms with van der Waals surface area (Å²) in [6, 6.07) is 0. The fourth-order valence-corrected chi connectivity index (χ4v) is 3.16. The van der Waals surface area contributed by atoms with Gasteiger partial charge in [-0.3, -0.25) is 4.68 Å². The van der Waals surface area contributed by atoms with E-state index in [0.717, 1.165) is 0 Å². The molecule has 0 amide bonds. The molecule has 2 N–H and O–H groups in total. The van der Waals surface area contributed by atoms with Gasteiger partial charge in [-0.25, -0.2) is 8.42 Å². The summed E-state index contributed by atoms with van der Waals surface area (Å²) in [5, 5.41) is 4.10. The van der Waals surface area contributed by atoms with Gasteiger partial charge in [0.25, 0.3) is 0 Å². The molecule has 0 aliphatic rings. The van der Waals surface area contributed by atoms with Crippen LogP contribution in [0.2, 0.25) is 0 Å². The van der Waals surface area contributed by atoms with Crippen LogP contribution in [-0.4, -0.2) is 42.6 Å². The smallest absolute Gasteiger partial charge is 0.246 e. The van der Waals surface area contributed by atoms with Gasteiger partial charge in [-0.1, -0.05) is 0 Å². The summed E-state index contributed by atoms with van der Waals surface area (Å²) in [6.45, 7) is 4.03. The number of aromatic nitrogens is 2. The third-order valence-electron chi connectivity index (χ3n) is 2.55. The molecule has 0 aliphatic heterocycles. The van der Waals surface area contributed by atoms with Crippen molar-refractivity contribution in [2.75, 3.05) is 20.1 Å². The first-order chi connectivity index (χ1) is 7.32. The Bertz CT molecular complexity index is 478. The minimum atomic E-state index is -3.47. The van der Waals surface area contributed by atoms with Crippen LogP contribution in [0.25, 0.3) is 0 Å². The van der Waals surface area contributed by atoms with E-state index in [-0.39, 0.29) is 4.90 Å². The Kier molecular flexibility index (Phi) is 3.72. The van der Waals surface area contributed by atoms with E-state index in [1.807, 2.05) is 0 Å². The van der Waals surface area contributed by atoms with Crippen molar-refractivity contribution in [2.45, 2.75) is 18.7 Å². The second-order valence-corrected chi connectivity index (χ2v) is 5.72. The zero-order valence-electron chi connectivity index (χ0n) is 10.1. The van der Waals surface area contributed by atoms with Gasteiger partial charge in [0, 0.05) is 27.2 Å². The molecule has 0 saturated carbocycles. The lowest BCUT2D eigenvalue weighted by Crippen LogP contribution is -2.32. The van der Waals surface area contributed by atoms with Gasteiger partial charge in [-0.05, 0) is 13.8 Å². The summed E-state index contributed by atoms with van der Waals surface area (Å²) in [5.41, 5.74) is 6.52. The number of hydrogen-bond acceptors (Lipinski definition) is 4. The minimum absolute atomic E-state index is 0.283. The average Bonchev–Trinajstić information content (AvgIpc) is 2.41. The zero-order chi connectivity index (χ0) is 12.5. The van der Waals surface area contributed by atoms with Gasteiger partial charge in [0.05, 0.1) is 11.4 Å².